The summed E-state index contributed by atoms with van der Waals surface area (Å²) in [5.74, 6) is -0.413. The first-order chi connectivity index (χ1) is 9.47. The molecule has 20 heavy (non-hydrogen) atoms. The molecule has 0 saturated heterocycles. The molecule has 0 aromatic heterocycles. The van der Waals surface area contributed by atoms with Crippen LogP contribution in [-0.2, 0) is 6.54 Å². The maximum atomic E-state index is 13.1. The van der Waals surface area contributed by atoms with E-state index in [1.54, 1.807) is 42.3 Å². The number of amides is 1. The minimum absolute atomic E-state index is 0.114. The summed E-state index contributed by atoms with van der Waals surface area (Å²) >= 11 is 0. The monoisotopic (exact) mass is 272 g/mol. The number of nitrogens with zero attached hydrogens (tertiary/aromatic N) is 1. The van der Waals surface area contributed by atoms with Gasteiger partial charge in [-0.2, -0.15) is 0 Å². The Labute approximate surface area is 117 Å². The van der Waals surface area contributed by atoms with Gasteiger partial charge in [0.15, 0.2) is 0 Å². The summed E-state index contributed by atoms with van der Waals surface area (Å²) in [7, 11) is 1.69. The summed E-state index contributed by atoms with van der Waals surface area (Å²) < 4.78 is 13.1. The first-order valence-corrected chi connectivity index (χ1v) is 6.33. The fourth-order valence-corrected chi connectivity index (χ4v) is 2.01. The smallest absolute Gasteiger partial charge is 0.253 e. The molecule has 0 radical (unpaired) electrons. The van der Waals surface area contributed by atoms with Crippen molar-refractivity contribution in [1.29, 1.82) is 0 Å². The third-order valence-corrected chi connectivity index (χ3v) is 3.17. The molecule has 2 aromatic carbocycles. The molecule has 0 aliphatic carbocycles. The number of hydrogen-bond donors (Lipinski definition) is 1. The molecule has 4 heteroatoms. The van der Waals surface area contributed by atoms with Gasteiger partial charge in [0.05, 0.1) is 0 Å². The Morgan fingerprint density at radius 2 is 2.00 bits per heavy atom. The van der Waals surface area contributed by atoms with Crippen molar-refractivity contribution in [3.05, 3.63) is 65.0 Å². The van der Waals surface area contributed by atoms with Crippen LogP contribution in [0.15, 0.2) is 42.5 Å². The van der Waals surface area contributed by atoms with Gasteiger partial charge in [-0.05, 0) is 48.4 Å². The van der Waals surface area contributed by atoms with Crippen LogP contribution in [0.1, 0.15) is 21.5 Å². The van der Waals surface area contributed by atoms with Crippen LogP contribution in [0.2, 0.25) is 0 Å². The Morgan fingerprint density at radius 3 is 2.65 bits per heavy atom. The number of benzene rings is 2. The van der Waals surface area contributed by atoms with E-state index in [0.717, 1.165) is 11.1 Å². The molecular formula is C16H17FN2O. The SMILES string of the molecule is Cc1cc(C(=O)N(C)Cc2cccc(F)c2)ccc1N. The quantitative estimate of drug-likeness (QED) is 0.873. The number of aryl methyl sites for hydroxylation is 1. The zero-order valence-electron chi connectivity index (χ0n) is 11.6. The fraction of sp³-hybridized carbons (Fsp3) is 0.188. The van der Waals surface area contributed by atoms with Crippen molar-refractivity contribution in [2.24, 2.45) is 0 Å². The molecule has 0 aliphatic heterocycles. The van der Waals surface area contributed by atoms with Gasteiger partial charge < -0.3 is 10.6 Å². The lowest BCUT2D eigenvalue weighted by molar-refractivity contribution is 0.0785. The van der Waals surface area contributed by atoms with E-state index in [1.807, 2.05) is 6.92 Å². The van der Waals surface area contributed by atoms with Gasteiger partial charge in [-0.1, -0.05) is 12.1 Å². The summed E-state index contributed by atoms with van der Waals surface area (Å²) in [5, 5.41) is 0. The molecule has 0 unspecified atom stereocenters. The highest BCUT2D eigenvalue weighted by molar-refractivity contribution is 5.94. The Bertz CT molecular complexity index is 640. The first-order valence-electron chi connectivity index (χ1n) is 6.33. The van der Waals surface area contributed by atoms with E-state index in [4.69, 9.17) is 5.73 Å². The van der Waals surface area contributed by atoms with Gasteiger partial charge in [-0.15, -0.1) is 0 Å². The highest BCUT2D eigenvalue weighted by Gasteiger charge is 2.13. The van der Waals surface area contributed by atoms with Crippen molar-refractivity contribution < 1.29 is 9.18 Å². The molecule has 2 aromatic rings. The second-order valence-electron chi connectivity index (χ2n) is 4.86. The summed E-state index contributed by atoms with van der Waals surface area (Å²) in [4.78, 5) is 13.8. The highest BCUT2D eigenvalue weighted by Crippen LogP contribution is 2.15. The minimum Gasteiger partial charge on any atom is -0.399 e. The van der Waals surface area contributed by atoms with Crippen LogP contribution in [0.25, 0.3) is 0 Å². The number of rotatable bonds is 3. The van der Waals surface area contributed by atoms with E-state index < -0.39 is 0 Å². The van der Waals surface area contributed by atoms with E-state index in [0.29, 0.717) is 17.8 Å². The normalized spacial score (nSPS) is 10.3. The molecule has 0 spiro atoms. The molecule has 0 fully saturated rings. The molecule has 2 N–H and O–H groups in total. The molecule has 0 aliphatic rings. The largest absolute Gasteiger partial charge is 0.399 e. The van der Waals surface area contributed by atoms with Crippen LogP contribution in [-0.4, -0.2) is 17.9 Å². The minimum atomic E-state index is -0.299. The van der Waals surface area contributed by atoms with Crippen molar-refractivity contribution >= 4 is 11.6 Å². The van der Waals surface area contributed by atoms with Crippen molar-refractivity contribution in [2.45, 2.75) is 13.5 Å². The van der Waals surface area contributed by atoms with Gasteiger partial charge in [-0.3, -0.25) is 4.79 Å². The molecule has 0 bridgehead atoms. The molecule has 0 atom stereocenters. The molecule has 0 saturated carbocycles. The van der Waals surface area contributed by atoms with Crippen LogP contribution in [0.3, 0.4) is 0 Å². The van der Waals surface area contributed by atoms with E-state index in [2.05, 4.69) is 0 Å². The Hall–Kier alpha value is -2.36. The number of nitrogen functional groups attached to an aromatic ring is 1. The van der Waals surface area contributed by atoms with Crippen LogP contribution < -0.4 is 5.73 Å². The van der Waals surface area contributed by atoms with Gasteiger partial charge in [-0.25, -0.2) is 4.39 Å². The summed E-state index contributed by atoms with van der Waals surface area (Å²) in [6.07, 6.45) is 0. The maximum absolute atomic E-state index is 13.1. The van der Waals surface area contributed by atoms with Gasteiger partial charge in [0, 0.05) is 24.8 Å². The second-order valence-corrected chi connectivity index (χ2v) is 4.86. The van der Waals surface area contributed by atoms with Crippen molar-refractivity contribution in [3.8, 4) is 0 Å². The van der Waals surface area contributed by atoms with Crippen molar-refractivity contribution in [2.75, 3.05) is 12.8 Å². The molecule has 1 amide bonds. The van der Waals surface area contributed by atoms with Gasteiger partial charge in [0.1, 0.15) is 5.82 Å². The van der Waals surface area contributed by atoms with E-state index >= 15 is 0 Å². The third-order valence-electron chi connectivity index (χ3n) is 3.17. The van der Waals surface area contributed by atoms with Crippen LogP contribution >= 0.6 is 0 Å². The zero-order valence-corrected chi connectivity index (χ0v) is 11.6. The van der Waals surface area contributed by atoms with Gasteiger partial charge in [0.25, 0.3) is 5.91 Å². The second kappa shape index (κ2) is 5.74. The highest BCUT2D eigenvalue weighted by atomic mass is 19.1. The molecule has 104 valence electrons. The standard InChI is InChI=1S/C16H17FN2O/c1-11-8-13(6-7-15(11)18)16(20)19(2)10-12-4-3-5-14(17)9-12/h3-9H,10,18H2,1-2H3. The van der Waals surface area contributed by atoms with Crippen LogP contribution in [0.4, 0.5) is 10.1 Å². The Balaban J connectivity index is 2.14. The van der Waals surface area contributed by atoms with E-state index in [1.165, 1.54) is 12.1 Å². The zero-order chi connectivity index (χ0) is 14.7. The first kappa shape index (κ1) is 14.1. The van der Waals surface area contributed by atoms with Crippen molar-refractivity contribution in [1.82, 2.24) is 4.90 Å². The van der Waals surface area contributed by atoms with Gasteiger partial charge >= 0.3 is 0 Å². The number of halogens is 1. The number of carbonyl (C=O) groups is 1. The topological polar surface area (TPSA) is 46.3 Å². The number of anilines is 1. The average molecular weight is 272 g/mol. The summed E-state index contributed by atoms with van der Waals surface area (Å²) in [6, 6.07) is 11.4. The lowest BCUT2D eigenvalue weighted by atomic mass is 10.1. The maximum Gasteiger partial charge on any atom is 0.253 e. The number of hydrogen-bond acceptors (Lipinski definition) is 2. The van der Waals surface area contributed by atoms with Crippen LogP contribution in [0, 0.1) is 12.7 Å². The predicted octanol–water partition coefficient (Wildman–Crippen LogP) is 2.99. The van der Waals surface area contributed by atoms with Crippen molar-refractivity contribution in [3.63, 3.8) is 0 Å². The number of carbonyl (C=O) groups excluding carboxylic acids is 1. The molecule has 0 heterocycles. The Morgan fingerprint density at radius 1 is 1.25 bits per heavy atom. The third kappa shape index (κ3) is 3.15. The molecular weight excluding hydrogens is 255 g/mol. The van der Waals surface area contributed by atoms with Gasteiger partial charge in [0.2, 0.25) is 0 Å². The Kier molecular flexibility index (Phi) is 4.03. The number of nitrogens with two attached hydrogens (primary N) is 1. The summed E-state index contributed by atoms with van der Waals surface area (Å²) in [5.41, 5.74) is 8.61. The predicted molar refractivity (Wildman–Crippen MR) is 77.8 cm³/mol. The lowest BCUT2D eigenvalue weighted by Crippen LogP contribution is -2.26. The van der Waals surface area contributed by atoms with E-state index in [9.17, 15) is 9.18 Å². The van der Waals surface area contributed by atoms with Crippen LogP contribution in [0.5, 0.6) is 0 Å². The molecule has 3 nitrogen and oxygen atoms in total. The fourth-order valence-electron chi connectivity index (χ4n) is 2.01. The van der Waals surface area contributed by atoms with E-state index in [-0.39, 0.29) is 11.7 Å². The average Bonchev–Trinajstić information content (AvgIpc) is 2.41. The lowest BCUT2D eigenvalue weighted by Gasteiger charge is -2.18. The summed E-state index contributed by atoms with van der Waals surface area (Å²) in [6.45, 7) is 2.22. The molecule has 2 rings (SSSR count).